The predicted molar refractivity (Wildman–Crippen MR) is 35.7 cm³/mol. The Labute approximate surface area is 58.3 Å². The molecule has 0 saturated heterocycles. The van der Waals surface area contributed by atoms with E-state index in [-0.39, 0.29) is 5.30 Å². The van der Waals surface area contributed by atoms with Crippen molar-refractivity contribution < 1.29 is 13.2 Å². The van der Waals surface area contributed by atoms with E-state index in [4.69, 9.17) is 0 Å². The summed E-state index contributed by atoms with van der Waals surface area (Å²) < 4.78 is 36.8. The highest BCUT2D eigenvalue weighted by Crippen LogP contribution is 2.06. The minimum absolute atomic E-state index is 0.235. The molecule has 0 N–H and O–H groups in total. The van der Waals surface area contributed by atoms with E-state index in [1.165, 1.54) is 0 Å². The van der Waals surface area contributed by atoms with E-state index >= 15 is 0 Å². The van der Waals surface area contributed by atoms with Crippen LogP contribution in [0.4, 0.5) is 13.2 Å². The van der Waals surface area contributed by atoms with Crippen LogP contribution < -0.4 is 5.30 Å². The van der Waals surface area contributed by atoms with E-state index in [1.807, 2.05) is 9.24 Å². The van der Waals surface area contributed by atoms with Crippen LogP contribution in [-0.2, 0) is 0 Å². The first kappa shape index (κ1) is 7.55. The highest BCUT2D eigenvalue weighted by molar-refractivity contribution is 7.27. The molecule has 0 aliphatic heterocycles. The second-order valence-electron chi connectivity index (χ2n) is 1.78. The van der Waals surface area contributed by atoms with Gasteiger partial charge in [0.2, 0.25) is 0 Å². The molecule has 1 aromatic rings. The van der Waals surface area contributed by atoms with Gasteiger partial charge in [-0.15, -0.1) is 0 Å². The minimum atomic E-state index is -0.902. The molecule has 0 bridgehead atoms. The van der Waals surface area contributed by atoms with Crippen LogP contribution in [-0.4, -0.2) is 0 Å². The summed E-state index contributed by atoms with van der Waals surface area (Å²) in [5.74, 6) is -2.67. The molecule has 0 nitrogen and oxygen atoms in total. The number of hydrogen-bond acceptors (Lipinski definition) is 0. The summed E-state index contributed by atoms with van der Waals surface area (Å²) in [6.45, 7) is 0. The molecular formula is C6H4F3P. The summed E-state index contributed by atoms with van der Waals surface area (Å²) in [7, 11) is 1.85. The van der Waals surface area contributed by atoms with E-state index in [9.17, 15) is 13.2 Å². The van der Waals surface area contributed by atoms with Crippen molar-refractivity contribution in [3.63, 3.8) is 0 Å². The lowest BCUT2D eigenvalue weighted by molar-refractivity contribution is 0.554. The minimum Gasteiger partial charge on any atom is -0.207 e. The van der Waals surface area contributed by atoms with E-state index in [1.54, 1.807) is 0 Å². The average Bonchev–Trinajstić information content (AvgIpc) is 1.82. The second kappa shape index (κ2) is 2.59. The van der Waals surface area contributed by atoms with E-state index < -0.39 is 17.5 Å². The molecule has 1 aromatic carbocycles. The molecule has 0 aromatic heterocycles. The zero-order valence-corrected chi connectivity index (χ0v) is 6.02. The van der Waals surface area contributed by atoms with Crippen LogP contribution in [0.15, 0.2) is 12.1 Å². The van der Waals surface area contributed by atoms with Crippen LogP contribution in [0.1, 0.15) is 0 Å². The van der Waals surface area contributed by atoms with Gasteiger partial charge >= 0.3 is 0 Å². The predicted octanol–water partition coefficient (Wildman–Crippen LogP) is 1.60. The molecule has 4 heteroatoms. The Balaban J connectivity index is 3.31. The van der Waals surface area contributed by atoms with Gasteiger partial charge in [-0.25, -0.2) is 13.2 Å². The van der Waals surface area contributed by atoms with Gasteiger partial charge in [0.15, 0.2) is 0 Å². The summed E-state index contributed by atoms with van der Waals surface area (Å²) in [6, 6.07) is 1.26. The van der Waals surface area contributed by atoms with Crippen LogP contribution in [0.3, 0.4) is 0 Å². The summed E-state index contributed by atoms with van der Waals surface area (Å²) >= 11 is 0. The molecule has 0 amide bonds. The van der Waals surface area contributed by atoms with E-state index in [2.05, 4.69) is 0 Å². The van der Waals surface area contributed by atoms with Gasteiger partial charge < -0.3 is 0 Å². The maximum atomic E-state index is 12.3. The van der Waals surface area contributed by atoms with Crippen molar-refractivity contribution in [3.8, 4) is 0 Å². The van der Waals surface area contributed by atoms with Crippen LogP contribution in [0.5, 0.6) is 0 Å². The van der Waals surface area contributed by atoms with Crippen molar-refractivity contribution in [1.29, 1.82) is 0 Å². The lowest BCUT2D eigenvalue weighted by Gasteiger charge is -1.96. The first-order valence-corrected chi connectivity index (χ1v) is 3.09. The Hall–Kier alpha value is -0.560. The van der Waals surface area contributed by atoms with Crippen molar-refractivity contribution in [3.05, 3.63) is 29.6 Å². The van der Waals surface area contributed by atoms with Gasteiger partial charge in [0.05, 0.1) is 0 Å². The first-order chi connectivity index (χ1) is 4.61. The smallest absolute Gasteiger partial charge is 0.136 e. The average molecular weight is 164 g/mol. The lowest BCUT2D eigenvalue weighted by Crippen LogP contribution is -2.04. The standard InChI is InChI=1S/C6H4F3P/c7-3-1-4(8)6(10)5(9)2-3/h1-2H,10H2. The maximum absolute atomic E-state index is 12.3. The van der Waals surface area contributed by atoms with Gasteiger partial charge in [0.25, 0.3) is 0 Å². The molecule has 0 spiro atoms. The zero-order chi connectivity index (χ0) is 7.72. The number of rotatable bonds is 0. The Kier molecular flexibility index (Phi) is 1.95. The number of benzene rings is 1. The summed E-state index contributed by atoms with van der Waals surface area (Å²) in [6.07, 6.45) is 0. The molecule has 0 radical (unpaired) electrons. The fourth-order valence-electron chi connectivity index (χ4n) is 0.553. The van der Waals surface area contributed by atoms with Gasteiger partial charge in [-0.2, -0.15) is 0 Å². The molecule has 1 rings (SSSR count). The Morgan fingerprint density at radius 3 is 1.80 bits per heavy atom. The van der Waals surface area contributed by atoms with Crippen LogP contribution >= 0.6 is 9.24 Å². The van der Waals surface area contributed by atoms with Gasteiger partial charge in [-0.05, 0) is 0 Å². The van der Waals surface area contributed by atoms with Crippen molar-refractivity contribution in [1.82, 2.24) is 0 Å². The van der Waals surface area contributed by atoms with Gasteiger partial charge in [-0.3, -0.25) is 0 Å². The summed E-state index contributed by atoms with van der Waals surface area (Å²) in [5, 5.41) is -0.235. The molecule has 10 heavy (non-hydrogen) atoms. The third-order valence-electron chi connectivity index (χ3n) is 1.04. The van der Waals surface area contributed by atoms with Gasteiger partial charge in [-0.1, -0.05) is 9.24 Å². The first-order valence-electron chi connectivity index (χ1n) is 2.51. The number of halogens is 3. The Bertz CT molecular complexity index is 236. The van der Waals surface area contributed by atoms with Crippen LogP contribution in [0.25, 0.3) is 0 Å². The van der Waals surface area contributed by atoms with E-state index in [0.717, 1.165) is 0 Å². The largest absolute Gasteiger partial charge is 0.207 e. The third kappa shape index (κ3) is 1.29. The lowest BCUT2D eigenvalue weighted by atomic mass is 10.3. The Morgan fingerprint density at radius 1 is 1.00 bits per heavy atom. The molecule has 0 aliphatic carbocycles. The monoisotopic (exact) mass is 164 g/mol. The third-order valence-corrected chi connectivity index (χ3v) is 1.60. The summed E-state index contributed by atoms with van der Waals surface area (Å²) in [4.78, 5) is 0. The second-order valence-corrected chi connectivity index (χ2v) is 2.36. The molecule has 1 unspecified atom stereocenters. The normalized spacial score (nSPS) is 10.0. The molecular weight excluding hydrogens is 160 g/mol. The molecule has 54 valence electrons. The number of hydrogen-bond donors (Lipinski definition) is 0. The van der Waals surface area contributed by atoms with Crippen molar-refractivity contribution in [2.24, 2.45) is 0 Å². The SMILES string of the molecule is Fc1cc(F)c(P)c(F)c1. The quantitative estimate of drug-likeness (QED) is 0.511. The van der Waals surface area contributed by atoms with Gasteiger partial charge in [0, 0.05) is 17.4 Å². The highest BCUT2D eigenvalue weighted by Gasteiger charge is 2.05. The zero-order valence-electron chi connectivity index (χ0n) is 4.87. The van der Waals surface area contributed by atoms with Crippen molar-refractivity contribution >= 4 is 14.5 Å². The van der Waals surface area contributed by atoms with Crippen LogP contribution in [0.2, 0.25) is 0 Å². The van der Waals surface area contributed by atoms with Crippen molar-refractivity contribution in [2.45, 2.75) is 0 Å². The molecule has 0 saturated carbocycles. The highest BCUT2D eigenvalue weighted by atomic mass is 31.0. The molecule has 1 atom stereocenters. The maximum Gasteiger partial charge on any atom is 0.136 e. The Morgan fingerprint density at radius 2 is 1.40 bits per heavy atom. The topological polar surface area (TPSA) is 0 Å². The fraction of sp³-hybridized carbons (Fsp3) is 0. The molecule has 0 fully saturated rings. The van der Waals surface area contributed by atoms with Crippen LogP contribution in [0, 0.1) is 17.5 Å². The van der Waals surface area contributed by atoms with E-state index in [0.29, 0.717) is 12.1 Å². The van der Waals surface area contributed by atoms with Gasteiger partial charge in [0.1, 0.15) is 17.5 Å². The summed E-state index contributed by atoms with van der Waals surface area (Å²) in [5.41, 5.74) is 0. The molecule has 0 heterocycles. The molecule has 0 aliphatic rings. The fourth-order valence-corrected chi connectivity index (χ4v) is 0.720. The van der Waals surface area contributed by atoms with Crippen molar-refractivity contribution in [2.75, 3.05) is 0 Å².